The van der Waals surface area contributed by atoms with Gasteiger partial charge in [0.25, 0.3) is 0 Å². The first-order valence-electron chi connectivity index (χ1n) is 15.7. The predicted octanol–water partition coefficient (Wildman–Crippen LogP) is 11.6. The molecular weight excluding hydrogens is 689 g/mol. The van der Waals surface area contributed by atoms with Crippen LogP contribution >= 0.6 is 35.5 Å². The lowest BCUT2D eigenvalue weighted by Gasteiger charge is -2.13. The third kappa shape index (κ3) is 20.5. The Hall–Kier alpha value is -3.61. The molecule has 0 unspecified atom stereocenters. The van der Waals surface area contributed by atoms with Gasteiger partial charge in [-0.15, -0.1) is 0 Å². The molecule has 3 rings (SSSR count). The number of aromatic nitrogens is 1. The Bertz CT molecular complexity index is 1480. The summed E-state index contributed by atoms with van der Waals surface area (Å²) in [6.07, 6.45) is 12.8. The van der Waals surface area contributed by atoms with Gasteiger partial charge < -0.3 is 25.2 Å². The van der Waals surface area contributed by atoms with Gasteiger partial charge in [-0.2, -0.15) is 13.2 Å². The van der Waals surface area contributed by atoms with Gasteiger partial charge in [0.15, 0.2) is 5.84 Å². The second kappa shape index (κ2) is 27.2. The number of nitrogens with zero attached hydrogens (tertiary/aromatic N) is 3. The number of hydrogen-bond acceptors (Lipinski definition) is 6. The summed E-state index contributed by atoms with van der Waals surface area (Å²) in [6, 6.07) is 9.92. The number of halogens is 4. The largest absolute Gasteiger partial charge is 0.435 e. The Morgan fingerprint density at radius 2 is 1.84 bits per heavy atom. The lowest BCUT2D eigenvalue weighted by molar-refractivity contribution is -0.0498. The molecule has 1 aromatic carbocycles. The van der Waals surface area contributed by atoms with Crippen molar-refractivity contribution in [2.75, 3.05) is 7.05 Å². The molecule has 1 aliphatic rings. The van der Waals surface area contributed by atoms with Crippen molar-refractivity contribution in [2.24, 2.45) is 20.1 Å². The second-order valence-electron chi connectivity index (χ2n) is 10.0. The molecule has 0 aliphatic heterocycles. The third-order valence-electron chi connectivity index (χ3n) is 5.73. The lowest BCUT2D eigenvalue weighted by atomic mass is 10.2. The van der Waals surface area contributed by atoms with Crippen LogP contribution in [0.3, 0.4) is 0 Å². The molecule has 2 aromatic rings. The van der Waals surface area contributed by atoms with Crippen LogP contribution in [-0.4, -0.2) is 37.0 Å². The maximum absolute atomic E-state index is 13.8. The number of allylic oxidation sites excluding steroid dienone is 7. The van der Waals surface area contributed by atoms with Crippen molar-refractivity contribution in [3.8, 4) is 5.75 Å². The van der Waals surface area contributed by atoms with E-state index in [0.717, 1.165) is 69.3 Å². The van der Waals surface area contributed by atoms with Crippen LogP contribution in [0.2, 0.25) is 0 Å². The summed E-state index contributed by atoms with van der Waals surface area (Å²) in [7, 11) is 1.80. The van der Waals surface area contributed by atoms with E-state index < -0.39 is 6.61 Å². The molecule has 0 bridgehead atoms. The van der Waals surface area contributed by atoms with E-state index in [1.807, 2.05) is 59.0 Å². The van der Waals surface area contributed by atoms with Gasteiger partial charge in [0, 0.05) is 50.8 Å². The van der Waals surface area contributed by atoms with Crippen LogP contribution in [0.5, 0.6) is 5.75 Å². The Kier molecular flexibility index (Phi) is 25.2. The first-order valence-corrected chi connectivity index (χ1v) is 17.7. The smallest absolute Gasteiger partial charge is 0.387 e. The van der Waals surface area contributed by atoms with Crippen molar-refractivity contribution in [1.29, 1.82) is 0 Å². The highest BCUT2D eigenvalue weighted by atomic mass is 35.5. The number of benzene rings is 1. The van der Waals surface area contributed by atoms with Gasteiger partial charge >= 0.3 is 6.61 Å². The molecule has 0 atom stereocenters. The number of ether oxygens (including phenoxy) is 1. The highest BCUT2D eigenvalue weighted by Crippen LogP contribution is 2.30. The van der Waals surface area contributed by atoms with Crippen molar-refractivity contribution in [2.45, 2.75) is 85.7 Å². The van der Waals surface area contributed by atoms with E-state index >= 15 is 0 Å². The number of nitrogens with two attached hydrogens (primary N) is 1. The van der Waals surface area contributed by atoms with Gasteiger partial charge in [0.1, 0.15) is 11.6 Å². The average molecular weight is 739 g/mol. The molecule has 1 heterocycles. The Labute approximate surface area is 304 Å². The molecule has 0 radical (unpaired) electrons. The summed E-state index contributed by atoms with van der Waals surface area (Å²) in [4.78, 5) is 12.6. The van der Waals surface area contributed by atoms with Crippen LogP contribution in [0.1, 0.15) is 78.6 Å². The number of rotatable bonds is 12. The molecule has 0 saturated carbocycles. The van der Waals surface area contributed by atoms with Crippen LogP contribution in [0.25, 0.3) is 0 Å². The molecule has 7 nitrogen and oxygen atoms in total. The van der Waals surface area contributed by atoms with Crippen LogP contribution in [-0.2, 0) is 0 Å². The van der Waals surface area contributed by atoms with Crippen LogP contribution in [0.15, 0.2) is 113 Å². The molecule has 270 valence electrons. The summed E-state index contributed by atoms with van der Waals surface area (Å²) in [5, 5.41) is 0.833. The zero-order chi connectivity index (χ0) is 37.2. The minimum atomic E-state index is -2.84. The predicted molar refractivity (Wildman–Crippen MR) is 209 cm³/mol. The van der Waals surface area contributed by atoms with Gasteiger partial charge in [-0.1, -0.05) is 57.0 Å². The Balaban J connectivity index is 0.000000779. The Morgan fingerprint density at radius 3 is 2.33 bits per heavy atom. The molecule has 4 N–H and O–H groups in total. The fraction of sp³-hybridized carbons (Fsp3) is 0.361. The molecule has 49 heavy (non-hydrogen) atoms. The van der Waals surface area contributed by atoms with Crippen molar-refractivity contribution in [1.82, 2.24) is 9.71 Å². The van der Waals surface area contributed by atoms with E-state index in [1.165, 1.54) is 36.6 Å². The topological polar surface area (TPSA) is 100 Å². The van der Waals surface area contributed by atoms with E-state index in [-0.39, 0.29) is 11.6 Å². The summed E-state index contributed by atoms with van der Waals surface area (Å²) in [5.41, 5.74) is 9.02. The molecule has 1 aliphatic carbocycles. The quantitative estimate of drug-likeness (QED) is 0.0871. The van der Waals surface area contributed by atoms with Gasteiger partial charge in [-0.25, -0.2) is 9.38 Å². The standard InChI is InChI=1S/C15H19ClFNS.C14H14F2N4OS.C5H11N.C2H6/c1-10(2)9-14(17)11(3)12(4)18-19-15-8-6-5-7-13(15)16;1-9-2-7-12(19-9)13(18-8-17)20-22-11-5-3-10(4-6-11)21-14(15)16;1-3-4-5-6-2;1-2/h6,8-9,18H,4-5,7H2,1-3H3;2-8,14,19H,1H3,(H2,17,18,20);5H,3-4H2,1-2H3;1-2H3/b14-11-;;;. The number of amidine groups is 1. The normalized spacial score (nSPS) is 13.1. The minimum Gasteiger partial charge on any atom is -0.435 e. The number of aryl methyl sites for hydroxylation is 1. The van der Waals surface area contributed by atoms with E-state index in [4.69, 9.17) is 17.3 Å². The third-order valence-corrected chi connectivity index (χ3v) is 7.94. The summed E-state index contributed by atoms with van der Waals surface area (Å²) in [6.45, 7) is 14.5. The molecular formula is C36H50ClF3N6OS2. The Morgan fingerprint density at radius 1 is 1.16 bits per heavy atom. The van der Waals surface area contributed by atoms with Crippen molar-refractivity contribution >= 4 is 53.9 Å². The second-order valence-corrected chi connectivity index (χ2v) is 12.1. The van der Waals surface area contributed by atoms with E-state index in [2.05, 4.69) is 48.4 Å². The molecule has 0 saturated heterocycles. The number of unbranched alkanes of at least 4 members (excludes halogenated alkanes) is 1. The van der Waals surface area contributed by atoms with Gasteiger partial charge in [-0.3, -0.25) is 0 Å². The molecule has 13 heteroatoms. The summed E-state index contributed by atoms with van der Waals surface area (Å²) < 4.78 is 49.5. The van der Waals surface area contributed by atoms with Crippen molar-refractivity contribution < 1.29 is 17.9 Å². The first-order chi connectivity index (χ1) is 23.4. The zero-order valence-corrected chi connectivity index (χ0v) is 32.0. The lowest BCUT2D eigenvalue weighted by Crippen LogP contribution is -2.05. The molecule has 0 fully saturated rings. The fourth-order valence-electron chi connectivity index (χ4n) is 3.29. The highest BCUT2D eigenvalue weighted by molar-refractivity contribution is 8.01. The molecule has 0 spiro atoms. The van der Waals surface area contributed by atoms with E-state index in [1.54, 1.807) is 26.1 Å². The first kappa shape index (κ1) is 45.4. The van der Waals surface area contributed by atoms with Crippen LogP contribution < -0.4 is 15.2 Å². The van der Waals surface area contributed by atoms with Crippen LogP contribution in [0.4, 0.5) is 13.2 Å². The monoisotopic (exact) mass is 738 g/mol. The number of H-pyrrole nitrogens is 1. The van der Waals surface area contributed by atoms with Crippen LogP contribution in [0, 0.1) is 6.92 Å². The number of nitrogens with one attached hydrogen (secondary N) is 2. The summed E-state index contributed by atoms with van der Waals surface area (Å²) >= 11 is 8.64. The van der Waals surface area contributed by atoms with Crippen molar-refractivity contribution in [3.63, 3.8) is 0 Å². The number of aromatic amines is 1. The molecule has 0 amide bonds. The zero-order valence-electron chi connectivity index (χ0n) is 29.6. The van der Waals surface area contributed by atoms with Gasteiger partial charge in [-0.05, 0) is 114 Å². The highest BCUT2D eigenvalue weighted by Gasteiger charge is 2.09. The SMILES string of the molecule is C=C(NSC1=C(Cl)CCC=C1)/C(C)=C(\F)C=C(C)C.CC.CCCC=NC.Cc1ccc(/C(N=CN)=N/Sc2ccc(OC(F)F)cc2)[nH]1. The maximum Gasteiger partial charge on any atom is 0.387 e. The van der Waals surface area contributed by atoms with Gasteiger partial charge in [0.05, 0.1) is 12.0 Å². The maximum atomic E-state index is 13.8. The molecule has 1 aromatic heterocycles. The number of aliphatic imine (C=N–C) groups is 2. The average Bonchev–Trinajstić information content (AvgIpc) is 3.52. The van der Waals surface area contributed by atoms with Crippen molar-refractivity contribution in [3.05, 3.63) is 105 Å². The summed E-state index contributed by atoms with van der Waals surface area (Å²) in [5.74, 6) is 0.273. The number of hydrogen-bond donors (Lipinski definition) is 3. The number of alkyl halides is 2. The van der Waals surface area contributed by atoms with Gasteiger partial charge in [0.2, 0.25) is 0 Å². The van der Waals surface area contributed by atoms with E-state index in [9.17, 15) is 13.2 Å². The minimum absolute atomic E-state index is 0.100. The van der Waals surface area contributed by atoms with E-state index in [0.29, 0.717) is 17.1 Å². The fourth-order valence-corrected chi connectivity index (χ4v) is 4.93.